The molecule has 0 fully saturated rings. The fraction of sp³-hybridized carbons (Fsp3) is 0. The molecule has 0 amide bonds. The Hall–Kier alpha value is -3.58. The van der Waals surface area contributed by atoms with Crippen LogP contribution in [0.1, 0.15) is 0 Å². The van der Waals surface area contributed by atoms with E-state index in [2.05, 4.69) is 32.2 Å². The van der Waals surface area contributed by atoms with Crippen LogP contribution in [-0.4, -0.2) is 34.9 Å². The Balaban J connectivity index is 0. The molecule has 0 saturated heterocycles. The van der Waals surface area contributed by atoms with Gasteiger partial charge >= 0.3 is 27.3 Å². The Bertz CT molecular complexity index is 1060. The quantitative estimate of drug-likeness (QED) is 0.107. The van der Waals surface area contributed by atoms with Crippen LogP contribution in [0.2, 0.25) is 0 Å². The van der Waals surface area contributed by atoms with Gasteiger partial charge in [-0.3, -0.25) is 4.98 Å². The number of benzene rings is 1. The zero-order valence-corrected chi connectivity index (χ0v) is 19.2. The van der Waals surface area contributed by atoms with Gasteiger partial charge < -0.3 is 41.6 Å². The molecular formula is C14H15CdN7O8+2. The number of hydrogen-bond acceptors (Lipinski definition) is 10. The van der Waals surface area contributed by atoms with Crippen molar-refractivity contribution >= 4 is 21.8 Å². The van der Waals surface area contributed by atoms with E-state index in [1.807, 2.05) is 24.3 Å². The molecule has 30 heavy (non-hydrogen) atoms. The average Bonchev–Trinajstić information content (AvgIpc) is 3.15. The van der Waals surface area contributed by atoms with Gasteiger partial charge in [0.1, 0.15) is 12.7 Å². The monoisotopic (exact) mass is 523 g/mol. The second-order valence-electron chi connectivity index (χ2n) is 4.67. The minimum Gasteiger partial charge on any atom is -0.457 e. The first-order valence-corrected chi connectivity index (χ1v) is 7.01. The molecule has 16 heteroatoms. The fourth-order valence-corrected chi connectivity index (χ4v) is 2.17. The van der Waals surface area contributed by atoms with Gasteiger partial charge in [0.05, 0.1) is 21.2 Å². The first-order valence-electron chi connectivity index (χ1n) is 7.01. The molecule has 4 rings (SSSR count). The summed E-state index contributed by atoms with van der Waals surface area (Å²) in [7, 11) is 0. The zero-order chi connectivity index (χ0) is 19.8. The molecule has 0 radical (unpaired) electrons. The third-order valence-electron chi connectivity index (χ3n) is 3.07. The molecule has 4 aromatic rings. The number of aromatic nitrogens is 5. The maximum Gasteiger partial charge on any atom is 2.00 e. The molecule has 0 bridgehead atoms. The topological polar surface area (TPSA) is 255 Å². The van der Waals surface area contributed by atoms with Crippen molar-refractivity contribution < 1.29 is 48.4 Å². The Morgan fingerprint density at radius 1 is 0.833 bits per heavy atom. The third kappa shape index (κ3) is 8.20. The number of nitrogens with zero attached hydrogens (tertiary/aromatic N) is 7. The van der Waals surface area contributed by atoms with Gasteiger partial charge in [-0.25, -0.2) is 14.6 Å². The van der Waals surface area contributed by atoms with Crippen LogP contribution < -0.4 is 0 Å². The van der Waals surface area contributed by atoms with E-state index in [0.29, 0.717) is 0 Å². The molecule has 0 aliphatic rings. The molecule has 0 aliphatic carbocycles. The predicted molar refractivity (Wildman–Crippen MR) is 102 cm³/mol. The summed E-state index contributed by atoms with van der Waals surface area (Å²) in [4.78, 5) is 29.5. The molecule has 0 unspecified atom stereocenters. The van der Waals surface area contributed by atoms with Crippen molar-refractivity contribution in [3.05, 3.63) is 85.9 Å². The Kier molecular flexibility index (Phi) is 13.0. The van der Waals surface area contributed by atoms with Crippen molar-refractivity contribution in [2.24, 2.45) is 0 Å². The third-order valence-corrected chi connectivity index (χ3v) is 3.07. The maximum absolute atomic E-state index is 8.25. The maximum atomic E-state index is 8.25. The summed E-state index contributed by atoms with van der Waals surface area (Å²) in [5, 5.41) is 35.7. The van der Waals surface area contributed by atoms with Crippen LogP contribution in [0.3, 0.4) is 0 Å². The van der Waals surface area contributed by atoms with E-state index in [0.717, 1.165) is 27.6 Å². The summed E-state index contributed by atoms with van der Waals surface area (Å²) < 4.78 is 1.64. The van der Waals surface area contributed by atoms with Crippen molar-refractivity contribution in [2.45, 2.75) is 0 Å². The minimum absolute atomic E-state index is 0. The molecule has 0 atom stereocenters. The van der Waals surface area contributed by atoms with E-state index in [1.165, 1.54) is 6.33 Å². The fourth-order valence-electron chi connectivity index (χ4n) is 2.17. The van der Waals surface area contributed by atoms with Crippen LogP contribution >= 0.6 is 0 Å². The first kappa shape index (κ1) is 28.6. The van der Waals surface area contributed by atoms with Gasteiger partial charge in [0, 0.05) is 17.0 Å². The summed E-state index contributed by atoms with van der Waals surface area (Å²) >= 11 is 0. The normalized spacial score (nSPS) is 8.67. The summed E-state index contributed by atoms with van der Waals surface area (Å²) in [6.45, 7) is 0. The smallest absolute Gasteiger partial charge is 0.457 e. The van der Waals surface area contributed by atoms with Crippen molar-refractivity contribution in [3.8, 4) is 5.82 Å². The van der Waals surface area contributed by atoms with Crippen LogP contribution in [-0.2, 0) is 38.3 Å². The molecule has 154 valence electrons. The zero-order valence-electron chi connectivity index (χ0n) is 15.1. The minimum atomic E-state index is -1.75. The molecule has 6 N–H and O–H groups in total. The van der Waals surface area contributed by atoms with E-state index >= 15 is 0 Å². The van der Waals surface area contributed by atoms with Crippen LogP contribution in [0.15, 0.2) is 55.2 Å². The van der Waals surface area contributed by atoms with Crippen molar-refractivity contribution in [2.75, 3.05) is 0 Å². The van der Waals surface area contributed by atoms with Crippen molar-refractivity contribution in [1.29, 1.82) is 0 Å². The molecule has 0 spiro atoms. The Morgan fingerprint density at radius 2 is 1.37 bits per heavy atom. The molecule has 0 aliphatic heterocycles. The van der Waals surface area contributed by atoms with E-state index in [-0.39, 0.29) is 38.3 Å². The Labute approximate surface area is 186 Å². The van der Waals surface area contributed by atoms with Gasteiger partial charge in [-0.15, -0.1) is 0 Å². The first-order chi connectivity index (χ1) is 12.9. The average molecular weight is 522 g/mol. The predicted octanol–water partition coefficient (Wildman–Crippen LogP) is 0.0392. The van der Waals surface area contributed by atoms with Gasteiger partial charge in [-0.2, -0.15) is 5.10 Å². The van der Waals surface area contributed by atoms with Crippen LogP contribution in [0.4, 0.5) is 0 Å². The van der Waals surface area contributed by atoms with Gasteiger partial charge in [0.15, 0.2) is 5.82 Å². The largest absolute Gasteiger partial charge is 2.00 e. The van der Waals surface area contributed by atoms with Crippen molar-refractivity contribution in [1.82, 2.24) is 24.7 Å². The summed E-state index contributed by atoms with van der Waals surface area (Å²) in [5.74, 6) is 0.739. The van der Waals surface area contributed by atoms with E-state index in [4.69, 9.17) is 30.6 Å². The van der Waals surface area contributed by atoms with Crippen molar-refractivity contribution in [3.63, 3.8) is 0 Å². The molecule has 0 saturated carbocycles. The van der Waals surface area contributed by atoms with Gasteiger partial charge in [0.25, 0.3) is 0 Å². The van der Waals surface area contributed by atoms with Gasteiger partial charge in [-0.05, 0) is 18.2 Å². The number of hydrogen-bond donors (Lipinski definition) is 0. The van der Waals surface area contributed by atoms with E-state index < -0.39 is 10.2 Å². The standard InChI is InChI=1S/C14H9N5.Cd.2NO3.2H2O/c1-2-10-3-4-11-5-6-12(19-9-15-8-17-19)18-14(11)13(10)16-7-1;;2*2-1(3)4;;/h1-9H;;;;2*1H2/q;+2;2*-1;;/p+2. The number of pyridine rings is 2. The number of fused-ring (bicyclic) bond motifs is 3. The molecular weight excluding hydrogens is 507 g/mol. The number of rotatable bonds is 1. The molecule has 3 aromatic heterocycles. The van der Waals surface area contributed by atoms with E-state index in [9.17, 15) is 0 Å². The Morgan fingerprint density at radius 3 is 1.90 bits per heavy atom. The van der Waals surface area contributed by atoms with Gasteiger partial charge in [-0.1, -0.05) is 18.2 Å². The second-order valence-corrected chi connectivity index (χ2v) is 4.67. The second kappa shape index (κ2) is 13.6. The summed E-state index contributed by atoms with van der Waals surface area (Å²) in [6.07, 6.45) is 4.91. The molecule has 3 heterocycles. The molecule has 1 aromatic carbocycles. The van der Waals surface area contributed by atoms with Crippen LogP contribution in [0.5, 0.6) is 0 Å². The summed E-state index contributed by atoms with van der Waals surface area (Å²) in [6, 6.07) is 12.0. The van der Waals surface area contributed by atoms with Crippen LogP contribution in [0, 0.1) is 30.6 Å². The summed E-state index contributed by atoms with van der Waals surface area (Å²) in [5.41, 5.74) is 1.79. The van der Waals surface area contributed by atoms with Gasteiger partial charge in [0.2, 0.25) is 0 Å². The molecule has 15 nitrogen and oxygen atoms in total. The van der Waals surface area contributed by atoms with Crippen LogP contribution in [0.25, 0.3) is 27.6 Å². The SMILES string of the molecule is O=[N+]([O-])[O-].O=[N+]([O-])[O-].[Cd+2].[OH3+].[OH3+].c1cnc2c(c1)ccc1ccc(-n3cncn3)nc12. The van der Waals surface area contributed by atoms with E-state index in [1.54, 1.807) is 17.2 Å².